The fourth-order valence-corrected chi connectivity index (χ4v) is 2.02. The number of aromatic nitrogens is 1. The van der Waals surface area contributed by atoms with E-state index in [9.17, 15) is 0 Å². The third kappa shape index (κ3) is 1.79. The van der Waals surface area contributed by atoms with Gasteiger partial charge in [-0.1, -0.05) is 24.3 Å². The lowest BCUT2D eigenvalue weighted by molar-refractivity contribution is 0.0252. The summed E-state index contributed by atoms with van der Waals surface area (Å²) in [5.74, 6) is 0. The molecule has 1 aliphatic heterocycles. The molecule has 1 unspecified atom stereocenters. The highest BCUT2D eigenvalue weighted by molar-refractivity contribution is 5.78. The van der Waals surface area contributed by atoms with Gasteiger partial charge in [-0.25, -0.2) is 0 Å². The van der Waals surface area contributed by atoms with Gasteiger partial charge in [-0.2, -0.15) is 0 Å². The number of hydrogen-bond acceptors (Lipinski definition) is 3. The Morgan fingerprint density at radius 1 is 1.19 bits per heavy atom. The van der Waals surface area contributed by atoms with Crippen LogP contribution in [0, 0.1) is 0 Å². The first-order valence-corrected chi connectivity index (χ1v) is 5.61. The van der Waals surface area contributed by atoms with Crippen molar-refractivity contribution in [2.24, 2.45) is 0 Å². The molecule has 0 aliphatic carbocycles. The monoisotopic (exact) mass is 214 g/mol. The Labute approximate surface area is 94.5 Å². The molecule has 16 heavy (non-hydrogen) atoms. The van der Waals surface area contributed by atoms with Crippen LogP contribution in [0.15, 0.2) is 36.4 Å². The molecule has 3 heteroatoms. The van der Waals surface area contributed by atoms with Gasteiger partial charge in [0.1, 0.15) is 6.10 Å². The second-order valence-electron chi connectivity index (χ2n) is 3.99. The largest absolute Gasteiger partial charge is 0.369 e. The van der Waals surface area contributed by atoms with Crippen molar-refractivity contribution in [3.05, 3.63) is 42.1 Å². The van der Waals surface area contributed by atoms with Crippen LogP contribution in [0.3, 0.4) is 0 Å². The number of nitrogens with one attached hydrogen (secondary N) is 1. The van der Waals surface area contributed by atoms with Crippen molar-refractivity contribution < 1.29 is 4.74 Å². The Kier molecular flexibility index (Phi) is 2.56. The average Bonchev–Trinajstić information content (AvgIpc) is 2.39. The smallest absolute Gasteiger partial charge is 0.112 e. The van der Waals surface area contributed by atoms with Gasteiger partial charge in [-0.3, -0.25) is 4.98 Å². The van der Waals surface area contributed by atoms with E-state index >= 15 is 0 Å². The topological polar surface area (TPSA) is 34.2 Å². The van der Waals surface area contributed by atoms with Crippen molar-refractivity contribution in [2.45, 2.75) is 6.10 Å². The van der Waals surface area contributed by atoms with Crippen LogP contribution in [0.1, 0.15) is 11.8 Å². The highest BCUT2D eigenvalue weighted by Gasteiger charge is 2.16. The summed E-state index contributed by atoms with van der Waals surface area (Å²) in [6.07, 6.45) is 0.0957. The molecule has 0 spiro atoms. The summed E-state index contributed by atoms with van der Waals surface area (Å²) >= 11 is 0. The number of ether oxygens (including phenoxy) is 1. The number of fused-ring (bicyclic) bond motifs is 1. The van der Waals surface area contributed by atoms with Gasteiger partial charge >= 0.3 is 0 Å². The SMILES string of the molecule is c1ccc2nc(C3CNCCO3)ccc2c1. The third-order valence-corrected chi connectivity index (χ3v) is 2.88. The number of hydrogen-bond donors (Lipinski definition) is 1. The molecule has 0 bridgehead atoms. The van der Waals surface area contributed by atoms with E-state index in [1.54, 1.807) is 0 Å². The van der Waals surface area contributed by atoms with Crippen LogP contribution in [-0.2, 0) is 4.74 Å². The molecular formula is C13H14N2O. The maximum absolute atomic E-state index is 5.69. The first kappa shape index (κ1) is 9.75. The quantitative estimate of drug-likeness (QED) is 0.787. The number of benzene rings is 1. The van der Waals surface area contributed by atoms with Crippen LogP contribution < -0.4 is 5.32 Å². The molecule has 1 atom stereocenters. The van der Waals surface area contributed by atoms with E-state index in [-0.39, 0.29) is 6.10 Å². The molecule has 1 aromatic heterocycles. The standard InChI is InChI=1S/C13H14N2O/c1-2-4-11-10(3-1)5-6-12(15-11)13-9-14-7-8-16-13/h1-6,13-14H,7-9H2. The molecular weight excluding hydrogens is 200 g/mol. The number of rotatable bonds is 1. The van der Waals surface area contributed by atoms with Crippen LogP contribution >= 0.6 is 0 Å². The summed E-state index contributed by atoms with van der Waals surface area (Å²) in [6.45, 7) is 2.55. The minimum absolute atomic E-state index is 0.0957. The fourth-order valence-electron chi connectivity index (χ4n) is 2.02. The Hall–Kier alpha value is -1.45. The van der Waals surface area contributed by atoms with Crippen LogP contribution in [0.25, 0.3) is 10.9 Å². The molecule has 1 fully saturated rings. The number of pyridine rings is 1. The lowest BCUT2D eigenvalue weighted by Crippen LogP contribution is -2.33. The predicted molar refractivity (Wildman–Crippen MR) is 63.3 cm³/mol. The van der Waals surface area contributed by atoms with E-state index in [2.05, 4.69) is 28.5 Å². The molecule has 2 heterocycles. The van der Waals surface area contributed by atoms with Crippen molar-refractivity contribution in [3.63, 3.8) is 0 Å². The van der Waals surface area contributed by atoms with Crippen LogP contribution in [0.2, 0.25) is 0 Å². The zero-order chi connectivity index (χ0) is 10.8. The van der Waals surface area contributed by atoms with E-state index in [1.807, 2.05) is 18.2 Å². The highest BCUT2D eigenvalue weighted by Crippen LogP contribution is 2.20. The van der Waals surface area contributed by atoms with Gasteiger partial charge in [0, 0.05) is 18.5 Å². The Balaban J connectivity index is 1.97. The van der Waals surface area contributed by atoms with Gasteiger partial charge in [0.15, 0.2) is 0 Å². The molecule has 0 radical (unpaired) electrons. The zero-order valence-electron chi connectivity index (χ0n) is 9.02. The van der Waals surface area contributed by atoms with Crippen molar-refractivity contribution in [1.29, 1.82) is 0 Å². The van der Waals surface area contributed by atoms with E-state index in [4.69, 9.17) is 4.74 Å². The first-order chi connectivity index (χ1) is 7.93. The minimum atomic E-state index is 0.0957. The minimum Gasteiger partial charge on any atom is -0.369 e. The summed E-state index contributed by atoms with van der Waals surface area (Å²) in [6, 6.07) is 12.3. The van der Waals surface area contributed by atoms with Gasteiger partial charge in [0.25, 0.3) is 0 Å². The number of nitrogens with zero attached hydrogens (tertiary/aromatic N) is 1. The third-order valence-electron chi connectivity index (χ3n) is 2.88. The highest BCUT2D eigenvalue weighted by atomic mass is 16.5. The van der Waals surface area contributed by atoms with Crippen molar-refractivity contribution >= 4 is 10.9 Å². The normalized spacial score (nSPS) is 21.1. The molecule has 1 aliphatic rings. The average molecular weight is 214 g/mol. The number of morpholine rings is 1. The summed E-state index contributed by atoms with van der Waals surface area (Å²) in [7, 11) is 0. The second kappa shape index (κ2) is 4.20. The number of para-hydroxylation sites is 1. The second-order valence-corrected chi connectivity index (χ2v) is 3.99. The molecule has 1 aromatic carbocycles. The van der Waals surface area contributed by atoms with E-state index in [0.717, 1.165) is 30.9 Å². The van der Waals surface area contributed by atoms with E-state index in [0.29, 0.717) is 0 Å². The molecule has 0 amide bonds. The molecule has 3 nitrogen and oxygen atoms in total. The molecule has 1 saturated heterocycles. The molecule has 3 rings (SSSR count). The molecule has 0 saturated carbocycles. The van der Waals surface area contributed by atoms with Crippen molar-refractivity contribution in [2.75, 3.05) is 19.7 Å². The first-order valence-electron chi connectivity index (χ1n) is 5.61. The van der Waals surface area contributed by atoms with E-state index in [1.165, 1.54) is 5.39 Å². The maximum atomic E-state index is 5.69. The fraction of sp³-hybridized carbons (Fsp3) is 0.308. The lowest BCUT2D eigenvalue weighted by Gasteiger charge is -2.23. The van der Waals surface area contributed by atoms with Crippen LogP contribution in [-0.4, -0.2) is 24.7 Å². The molecule has 1 N–H and O–H groups in total. The summed E-state index contributed by atoms with van der Waals surface area (Å²) in [5, 5.41) is 4.49. The van der Waals surface area contributed by atoms with Gasteiger partial charge in [-0.15, -0.1) is 0 Å². The summed E-state index contributed by atoms with van der Waals surface area (Å²) in [5.41, 5.74) is 2.06. The van der Waals surface area contributed by atoms with Gasteiger partial charge in [0.05, 0.1) is 17.8 Å². The lowest BCUT2D eigenvalue weighted by atomic mass is 10.1. The van der Waals surface area contributed by atoms with Crippen LogP contribution in [0.5, 0.6) is 0 Å². The summed E-state index contributed by atoms with van der Waals surface area (Å²) < 4.78 is 5.69. The van der Waals surface area contributed by atoms with Crippen molar-refractivity contribution in [3.8, 4) is 0 Å². The molecule has 2 aromatic rings. The van der Waals surface area contributed by atoms with Crippen LogP contribution in [0.4, 0.5) is 0 Å². The van der Waals surface area contributed by atoms with Gasteiger partial charge in [-0.05, 0) is 12.1 Å². The van der Waals surface area contributed by atoms with Gasteiger partial charge in [0.2, 0.25) is 0 Å². The Morgan fingerprint density at radius 3 is 3.00 bits per heavy atom. The van der Waals surface area contributed by atoms with Crippen molar-refractivity contribution in [1.82, 2.24) is 10.3 Å². The predicted octanol–water partition coefficient (Wildman–Crippen LogP) is 1.90. The molecule has 82 valence electrons. The Morgan fingerprint density at radius 2 is 2.12 bits per heavy atom. The maximum Gasteiger partial charge on any atom is 0.112 e. The summed E-state index contributed by atoms with van der Waals surface area (Å²) in [4.78, 5) is 4.63. The Bertz CT molecular complexity index is 492. The van der Waals surface area contributed by atoms with Gasteiger partial charge < -0.3 is 10.1 Å². The zero-order valence-corrected chi connectivity index (χ0v) is 9.02. The van der Waals surface area contributed by atoms with E-state index < -0.39 is 0 Å².